The monoisotopic (exact) mass is 398 g/mol. The maximum Gasteiger partial charge on any atom is 0.287 e. The smallest absolute Gasteiger partial charge is 0.287 e. The van der Waals surface area contributed by atoms with Gasteiger partial charge in [-0.2, -0.15) is 0 Å². The van der Waals surface area contributed by atoms with Crippen molar-refractivity contribution in [2.45, 2.75) is 13.0 Å². The number of hydrogen-bond donors (Lipinski definition) is 1. The molecule has 146 valence electrons. The fourth-order valence-electron chi connectivity index (χ4n) is 2.94. The molecular formula is C21H23ClN4O2. The van der Waals surface area contributed by atoms with E-state index in [0.717, 1.165) is 18.5 Å². The Labute approximate surface area is 168 Å². The summed E-state index contributed by atoms with van der Waals surface area (Å²) in [5.41, 5.74) is 1.14. The van der Waals surface area contributed by atoms with Gasteiger partial charge in [0.25, 0.3) is 11.5 Å². The van der Waals surface area contributed by atoms with E-state index in [4.69, 9.17) is 11.6 Å². The standard InChI is InChI=1S/C21H23ClN4O2/c1-25(2)13-5-12-23-20(27)19-24-18-7-4-3-6-17(18)21(28)26(19)14-15-8-10-16(22)11-9-15/h3-4,6-11H,5,12-14H2,1-2H3,(H,23,27). The zero-order valence-corrected chi connectivity index (χ0v) is 16.7. The second-order valence-electron chi connectivity index (χ2n) is 6.88. The van der Waals surface area contributed by atoms with Crippen LogP contribution >= 0.6 is 11.6 Å². The van der Waals surface area contributed by atoms with Crippen LogP contribution in [0.5, 0.6) is 0 Å². The highest BCUT2D eigenvalue weighted by atomic mass is 35.5. The van der Waals surface area contributed by atoms with E-state index in [0.29, 0.717) is 22.5 Å². The third kappa shape index (κ3) is 4.77. The summed E-state index contributed by atoms with van der Waals surface area (Å²) in [6.45, 7) is 1.62. The normalized spacial score (nSPS) is 11.1. The van der Waals surface area contributed by atoms with E-state index in [1.807, 2.05) is 26.2 Å². The average Bonchev–Trinajstić information content (AvgIpc) is 2.68. The molecular weight excluding hydrogens is 376 g/mol. The van der Waals surface area contributed by atoms with Gasteiger partial charge in [0.15, 0.2) is 0 Å². The Morgan fingerprint density at radius 1 is 1.14 bits per heavy atom. The Balaban J connectivity index is 1.95. The molecule has 2 aromatic carbocycles. The fourth-order valence-corrected chi connectivity index (χ4v) is 3.06. The SMILES string of the molecule is CN(C)CCCNC(=O)c1nc2ccccc2c(=O)n1Cc1ccc(Cl)cc1. The number of carbonyl (C=O) groups is 1. The van der Waals surface area contributed by atoms with E-state index in [1.54, 1.807) is 36.4 Å². The van der Waals surface area contributed by atoms with Gasteiger partial charge >= 0.3 is 0 Å². The molecule has 0 saturated heterocycles. The largest absolute Gasteiger partial charge is 0.349 e. The quantitative estimate of drug-likeness (QED) is 0.621. The summed E-state index contributed by atoms with van der Waals surface area (Å²) in [4.78, 5) is 32.4. The molecule has 3 rings (SSSR count). The molecule has 0 saturated carbocycles. The van der Waals surface area contributed by atoms with Crippen molar-refractivity contribution in [3.8, 4) is 0 Å². The van der Waals surface area contributed by atoms with E-state index in [9.17, 15) is 9.59 Å². The van der Waals surface area contributed by atoms with Crippen molar-refractivity contribution >= 4 is 28.4 Å². The van der Waals surface area contributed by atoms with Gasteiger partial charge in [0.05, 0.1) is 17.4 Å². The van der Waals surface area contributed by atoms with Gasteiger partial charge in [0.1, 0.15) is 0 Å². The van der Waals surface area contributed by atoms with Gasteiger partial charge in [0.2, 0.25) is 5.82 Å². The molecule has 1 N–H and O–H groups in total. The molecule has 0 aliphatic carbocycles. The van der Waals surface area contributed by atoms with Crippen LogP contribution in [0.2, 0.25) is 5.02 Å². The van der Waals surface area contributed by atoms with Crippen molar-refractivity contribution in [2.75, 3.05) is 27.2 Å². The molecule has 0 fully saturated rings. The van der Waals surface area contributed by atoms with Crippen LogP contribution in [0.4, 0.5) is 0 Å². The topological polar surface area (TPSA) is 67.2 Å². The van der Waals surface area contributed by atoms with Gasteiger partial charge in [-0.1, -0.05) is 35.9 Å². The average molecular weight is 399 g/mol. The number of benzene rings is 2. The molecule has 0 aliphatic heterocycles. The molecule has 1 heterocycles. The van der Waals surface area contributed by atoms with Gasteiger partial charge in [-0.3, -0.25) is 14.2 Å². The molecule has 0 atom stereocenters. The molecule has 1 aromatic heterocycles. The van der Waals surface area contributed by atoms with E-state index in [1.165, 1.54) is 4.57 Å². The minimum atomic E-state index is -0.351. The molecule has 0 aliphatic rings. The number of nitrogens with one attached hydrogen (secondary N) is 1. The molecule has 0 bridgehead atoms. The fraction of sp³-hybridized carbons (Fsp3) is 0.286. The first kappa shape index (κ1) is 20.0. The van der Waals surface area contributed by atoms with Crippen LogP contribution in [0.15, 0.2) is 53.3 Å². The highest BCUT2D eigenvalue weighted by Crippen LogP contribution is 2.13. The zero-order valence-electron chi connectivity index (χ0n) is 16.0. The van der Waals surface area contributed by atoms with Crippen LogP contribution in [0.25, 0.3) is 10.9 Å². The lowest BCUT2D eigenvalue weighted by Crippen LogP contribution is -2.35. The van der Waals surface area contributed by atoms with Crippen molar-refractivity contribution in [1.29, 1.82) is 0 Å². The molecule has 1 amide bonds. The molecule has 0 unspecified atom stereocenters. The minimum Gasteiger partial charge on any atom is -0.349 e. The summed E-state index contributed by atoms with van der Waals surface area (Å²) in [7, 11) is 3.97. The molecule has 0 spiro atoms. The number of halogens is 1. The van der Waals surface area contributed by atoms with E-state index in [-0.39, 0.29) is 23.8 Å². The Morgan fingerprint density at radius 2 is 1.86 bits per heavy atom. The number of nitrogens with zero attached hydrogens (tertiary/aromatic N) is 3. The van der Waals surface area contributed by atoms with E-state index < -0.39 is 0 Å². The third-order valence-electron chi connectivity index (χ3n) is 4.39. The van der Waals surface area contributed by atoms with Crippen LogP contribution in [-0.4, -0.2) is 47.5 Å². The van der Waals surface area contributed by atoms with Crippen molar-refractivity contribution < 1.29 is 4.79 Å². The second-order valence-corrected chi connectivity index (χ2v) is 7.32. The molecule has 3 aromatic rings. The Kier molecular flexibility index (Phi) is 6.44. The van der Waals surface area contributed by atoms with Gasteiger partial charge in [-0.05, 0) is 56.9 Å². The number of carbonyl (C=O) groups excluding carboxylic acids is 1. The number of amides is 1. The van der Waals surface area contributed by atoms with Gasteiger partial charge in [-0.15, -0.1) is 0 Å². The van der Waals surface area contributed by atoms with Crippen LogP contribution in [0.3, 0.4) is 0 Å². The first-order chi connectivity index (χ1) is 13.5. The molecule has 6 nitrogen and oxygen atoms in total. The lowest BCUT2D eigenvalue weighted by Gasteiger charge is -2.14. The number of para-hydroxylation sites is 1. The van der Waals surface area contributed by atoms with E-state index in [2.05, 4.69) is 15.2 Å². The van der Waals surface area contributed by atoms with Gasteiger partial charge in [-0.25, -0.2) is 4.98 Å². The highest BCUT2D eigenvalue weighted by Gasteiger charge is 2.17. The van der Waals surface area contributed by atoms with Gasteiger partial charge in [0, 0.05) is 11.6 Å². The Morgan fingerprint density at radius 3 is 2.57 bits per heavy atom. The predicted octanol–water partition coefficient (Wildman–Crippen LogP) is 2.78. The van der Waals surface area contributed by atoms with Crippen molar-refractivity contribution in [2.24, 2.45) is 0 Å². The molecule has 7 heteroatoms. The maximum atomic E-state index is 13.1. The summed E-state index contributed by atoms with van der Waals surface area (Å²) in [5.74, 6) is -0.237. The van der Waals surface area contributed by atoms with Crippen LogP contribution < -0.4 is 10.9 Å². The Hall–Kier alpha value is -2.70. The predicted molar refractivity (Wildman–Crippen MR) is 112 cm³/mol. The minimum absolute atomic E-state index is 0.114. The summed E-state index contributed by atoms with van der Waals surface area (Å²) in [5, 5.41) is 3.98. The number of fused-ring (bicyclic) bond motifs is 1. The van der Waals surface area contributed by atoms with Crippen LogP contribution in [-0.2, 0) is 6.54 Å². The number of rotatable bonds is 7. The second kappa shape index (κ2) is 8.99. The first-order valence-corrected chi connectivity index (χ1v) is 9.50. The maximum absolute atomic E-state index is 13.1. The Bertz CT molecular complexity index is 1030. The lowest BCUT2D eigenvalue weighted by molar-refractivity contribution is 0.0936. The number of aromatic nitrogens is 2. The first-order valence-electron chi connectivity index (χ1n) is 9.12. The van der Waals surface area contributed by atoms with E-state index >= 15 is 0 Å². The summed E-state index contributed by atoms with van der Waals surface area (Å²) < 4.78 is 1.42. The van der Waals surface area contributed by atoms with Crippen molar-refractivity contribution in [3.05, 3.63) is 75.3 Å². The number of hydrogen-bond acceptors (Lipinski definition) is 4. The molecule has 28 heavy (non-hydrogen) atoms. The van der Waals surface area contributed by atoms with Gasteiger partial charge < -0.3 is 10.2 Å². The highest BCUT2D eigenvalue weighted by molar-refractivity contribution is 6.30. The van der Waals surface area contributed by atoms with Crippen LogP contribution in [0, 0.1) is 0 Å². The van der Waals surface area contributed by atoms with Crippen molar-refractivity contribution in [3.63, 3.8) is 0 Å². The van der Waals surface area contributed by atoms with Crippen molar-refractivity contribution in [1.82, 2.24) is 19.8 Å². The summed E-state index contributed by atoms with van der Waals surface area (Å²) in [6.07, 6.45) is 0.813. The summed E-state index contributed by atoms with van der Waals surface area (Å²) >= 11 is 5.95. The summed E-state index contributed by atoms with van der Waals surface area (Å²) in [6, 6.07) is 14.3. The molecule has 0 radical (unpaired) electrons. The lowest BCUT2D eigenvalue weighted by atomic mass is 10.2. The van der Waals surface area contributed by atoms with Crippen LogP contribution in [0.1, 0.15) is 22.6 Å². The zero-order chi connectivity index (χ0) is 20.1. The third-order valence-corrected chi connectivity index (χ3v) is 4.64.